The molecule has 1 aliphatic heterocycles. The lowest BCUT2D eigenvalue weighted by atomic mass is 9.90. The van der Waals surface area contributed by atoms with Crippen LogP contribution in [0, 0.1) is 5.92 Å². The summed E-state index contributed by atoms with van der Waals surface area (Å²) in [5.41, 5.74) is 6.62. The van der Waals surface area contributed by atoms with E-state index in [4.69, 9.17) is 10.5 Å². The number of carbonyl (C=O) groups is 2. The molecule has 2 atom stereocenters. The van der Waals surface area contributed by atoms with E-state index in [1.807, 2.05) is 24.3 Å². The fraction of sp³-hybridized carbons (Fsp3) is 0.389. The van der Waals surface area contributed by atoms with Gasteiger partial charge in [0.05, 0.1) is 17.2 Å². The molecule has 0 unspecified atom stereocenters. The van der Waals surface area contributed by atoms with Gasteiger partial charge in [-0.15, -0.1) is 0 Å². The number of hydrogen-bond acceptors (Lipinski definition) is 4. The van der Waals surface area contributed by atoms with Crippen molar-refractivity contribution in [3.05, 3.63) is 42.1 Å². The zero-order chi connectivity index (χ0) is 17.1. The normalized spacial score (nSPS) is 21.0. The van der Waals surface area contributed by atoms with Gasteiger partial charge < -0.3 is 15.4 Å². The molecule has 3 rings (SSSR count). The molecular weight excluding hydrogens is 306 g/mol. The van der Waals surface area contributed by atoms with Gasteiger partial charge in [-0.2, -0.15) is 0 Å². The molecule has 1 saturated heterocycles. The summed E-state index contributed by atoms with van der Waals surface area (Å²) < 4.78 is 5.45. The highest BCUT2D eigenvalue weighted by molar-refractivity contribution is 6.05. The number of ether oxygens (including phenoxy) is 1. The Morgan fingerprint density at radius 2 is 2.12 bits per heavy atom. The van der Waals surface area contributed by atoms with Crippen LogP contribution >= 0.6 is 0 Å². The van der Waals surface area contributed by atoms with Crippen LogP contribution in [0.5, 0.6) is 0 Å². The van der Waals surface area contributed by atoms with Crippen LogP contribution in [0.1, 0.15) is 23.2 Å². The second-order valence-electron chi connectivity index (χ2n) is 6.13. The second-order valence-corrected chi connectivity index (χ2v) is 6.13. The number of piperidine rings is 1. The lowest BCUT2D eigenvalue weighted by Gasteiger charge is -2.37. The lowest BCUT2D eigenvalue weighted by Crippen LogP contribution is -2.47. The van der Waals surface area contributed by atoms with Crippen LogP contribution in [0.3, 0.4) is 0 Å². The Balaban J connectivity index is 1.85. The summed E-state index contributed by atoms with van der Waals surface area (Å²) in [5, 5.41) is 0.934. The molecule has 24 heavy (non-hydrogen) atoms. The van der Waals surface area contributed by atoms with E-state index in [2.05, 4.69) is 4.98 Å². The van der Waals surface area contributed by atoms with Crippen LogP contribution in [0.25, 0.3) is 10.9 Å². The quantitative estimate of drug-likeness (QED) is 0.924. The van der Waals surface area contributed by atoms with Crippen molar-refractivity contribution in [1.29, 1.82) is 0 Å². The molecule has 2 heterocycles. The predicted molar refractivity (Wildman–Crippen MR) is 90.4 cm³/mol. The summed E-state index contributed by atoms with van der Waals surface area (Å²) in [6, 6.07) is 9.38. The van der Waals surface area contributed by atoms with Gasteiger partial charge in [0.1, 0.15) is 0 Å². The summed E-state index contributed by atoms with van der Waals surface area (Å²) >= 11 is 0. The summed E-state index contributed by atoms with van der Waals surface area (Å²) in [4.78, 5) is 30.4. The van der Waals surface area contributed by atoms with Gasteiger partial charge in [-0.05, 0) is 18.6 Å². The van der Waals surface area contributed by atoms with Crippen LogP contribution in [0.2, 0.25) is 0 Å². The molecule has 0 bridgehead atoms. The number of amides is 2. The molecule has 0 saturated carbocycles. The monoisotopic (exact) mass is 327 g/mol. The Bertz CT molecular complexity index is 757. The molecule has 1 aliphatic rings. The third-order valence-corrected chi connectivity index (χ3v) is 4.58. The standard InChI is InChI=1S/C18H21N3O3/c1-24-15-7-9-21(11-13(15)10-16(19)22)18(23)14-6-2-4-12-5-3-8-20-17(12)14/h2-6,8,13,15H,7,9-11H2,1H3,(H2,19,22)/t13-,15-/m1/s1. The first-order valence-electron chi connectivity index (χ1n) is 8.04. The minimum absolute atomic E-state index is 0.0489. The van der Waals surface area contributed by atoms with Crippen molar-refractivity contribution in [3.63, 3.8) is 0 Å². The fourth-order valence-electron chi connectivity index (χ4n) is 3.41. The Hall–Kier alpha value is -2.47. The molecule has 0 radical (unpaired) electrons. The molecule has 2 N–H and O–H groups in total. The van der Waals surface area contributed by atoms with Gasteiger partial charge in [0.15, 0.2) is 0 Å². The Labute approximate surface area is 140 Å². The first-order valence-corrected chi connectivity index (χ1v) is 8.04. The molecule has 2 aromatic rings. The van der Waals surface area contributed by atoms with Gasteiger partial charge in [0.25, 0.3) is 5.91 Å². The number of carbonyl (C=O) groups excluding carboxylic acids is 2. The Morgan fingerprint density at radius 1 is 1.33 bits per heavy atom. The molecule has 1 fully saturated rings. The number of hydrogen-bond donors (Lipinski definition) is 1. The number of aromatic nitrogens is 1. The predicted octanol–water partition coefficient (Wildman–Crippen LogP) is 1.59. The van der Waals surface area contributed by atoms with E-state index in [9.17, 15) is 9.59 Å². The van der Waals surface area contributed by atoms with Crippen LogP contribution in [-0.4, -0.2) is 48.0 Å². The van der Waals surface area contributed by atoms with Crippen LogP contribution in [0.15, 0.2) is 36.5 Å². The zero-order valence-electron chi connectivity index (χ0n) is 13.6. The van der Waals surface area contributed by atoms with E-state index >= 15 is 0 Å². The van der Waals surface area contributed by atoms with Crippen molar-refractivity contribution >= 4 is 22.7 Å². The maximum absolute atomic E-state index is 13.0. The number of likely N-dealkylation sites (tertiary alicyclic amines) is 1. The SMILES string of the molecule is CO[C@@H]1CCN(C(=O)c2cccc3cccnc23)C[C@H]1CC(N)=O. The molecule has 1 aromatic heterocycles. The molecule has 0 spiro atoms. The minimum Gasteiger partial charge on any atom is -0.381 e. The summed E-state index contributed by atoms with van der Waals surface area (Å²) in [5.74, 6) is -0.514. The van der Waals surface area contributed by atoms with Gasteiger partial charge >= 0.3 is 0 Å². The Morgan fingerprint density at radius 3 is 2.88 bits per heavy atom. The number of nitrogens with zero attached hydrogens (tertiary/aromatic N) is 2. The smallest absolute Gasteiger partial charge is 0.256 e. The van der Waals surface area contributed by atoms with Crippen LogP contribution in [-0.2, 0) is 9.53 Å². The van der Waals surface area contributed by atoms with Gasteiger partial charge in [-0.1, -0.05) is 18.2 Å². The largest absolute Gasteiger partial charge is 0.381 e. The van der Waals surface area contributed by atoms with E-state index < -0.39 is 0 Å². The minimum atomic E-state index is -0.372. The molecule has 126 valence electrons. The van der Waals surface area contributed by atoms with Crippen LogP contribution < -0.4 is 5.73 Å². The number of fused-ring (bicyclic) bond motifs is 1. The zero-order valence-corrected chi connectivity index (χ0v) is 13.6. The van der Waals surface area contributed by atoms with Crippen molar-refractivity contribution in [2.75, 3.05) is 20.2 Å². The summed E-state index contributed by atoms with van der Waals surface area (Å²) in [6.07, 6.45) is 2.55. The van der Waals surface area contributed by atoms with E-state index in [1.165, 1.54) is 0 Å². The lowest BCUT2D eigenvalue weighted by molar-refractivity contribution is -0.121. The van der Waals surface area contributed by atoms with Crippen LogP contribution in [0.4, 0.5) is 0 Å². The average molecular weight is 327 g/mol. The molecule has 2 amide bonds. The highest BCUT2D eigenvalue weighted by Crippen LogP contribution is 2.25. The second kappa shape index (κ2) is 6.97. The van der Waals surface area contributed by atoms with Crippen molar-refractivity contribution in [3.8, 4) is 0 Å². The topological polar surface area (TPSA) is 85.5 Å². The first kappa shape index (κ1) is 16.4. The van der Waals surface area contributed by atoms with E-state index in [1.54, 1.807) is 24.3 Å². The molecule has 6 nitrogen and oxygen atoms in total. The highest BCUT2D eigenvalue weighted by Gasteiger charge is 2.33. The number of methoxy groups -OCH3 is 1. The number of nitrogens with two attached hydrogens (primary N) is 1. The third kappa shape index (κ3) is 3.23. The molecular formula is C18H21N3O3. The summed E-state index contributed by atoms with van der Waals surface area (Å²) in [6.45, 7) is 1.05. The fourth-order valence-corrected chi connectivity index (χ4v) is 3.41. The van der Waals surface area contributed by atoms with E-state index in [-0.39, 0.29) is 30.3 Å². The molecule has 6 heteroatoms. The first-order chi connectivity index (χ1) is 11.6. The van der Waals surface area contributed by atoms with E-state index in [0.717, 1.165) is 5.39 Å². The Kier molecular flexibility index (Phi) is 4.76. The van der Waals surface area contributed by atoms with Crippen molar-refractivity contribution in [1.82, 2.24) is 9.88 Å². The third-order valence-electron chi connectivity index (χ3n) is 4.58. The maximum Gasteiger partial charge on any atom is 0.256 e. The van der Waals surface area contributed by atoms with Crippen molar-refractivity contribution < 1.29 is 14.3 Å². The van der Waals surface area contributed by atoms with Gasteiger partial charge in [-0.3, -0.25) is 14.6 Å². The average Bonchev–Trinajstić information content (AvgIpc) is 2.60. The van der Waals surface area contributed by atoms with Crippen molar-refractivity contribution in [2.24, 2.45) is 11.7 Å². The molecule has 1 aromatic carbocycles. The van der Waals surface area contributed by atoms with E-state index in [0.29, 0.717) is 30.6 Å². The number of benzene rings is 1. The number of pyridine rings is 1. The van der Waals surface area contributed by atoms with Crippen molar-refractivity contribution in [2.45, 2.75) is 18.9 Å². The molecule has 0 aliphatic carbocycles. The number of para-hydroxylation sites is 1. The number of primary amides is 1. The van der Waals surface area contributed by atoms with Gasteiger partial charge in [0, 0.05) is 44.1 Å². The summed E-state index contributed by atoms with van der Waals surface area (Å²) in [7, 11) is 1.63. The highest BCUT2D eigenvalue weighted by atomic mass is 16.5. The van der Waals surface area contributed by atoms with Gasteiger partial charge in [-0.25, -0.2) is 0 Å². The number of rotatable bonds is 4. The maximum atomic E-state index is 13.0. The van der Waals surface area contributed by atoms with Gasteiger partial charge in [0.2, 0.25) is 5.91 Å².